The summed E-state index contributed by atoms with van der Waals surface area (Å²) in [5.41, 5.74) is 4.57. The molecule has 3 aromatic heterocycles. The summed E-state index contributed by atoms with van der Waals surface area (Å²) in [6, 6.07) is 17.2. The fraction of sp³-hybridized carbons (Fsp3) is 0.258. The lowest BCUT2D eigenvalue weighted by molar-refractivity contribution is 0.0360. The number of rotatable bonds is 9. The Morgan fingerprint density at radius 1 is 0.837 bits per heavy atom. The Hall–Kier alpha value is -4.52. The minimum atomic E-state index is -3.30. The Morgan fingerprint density at radius 2 is 1.60 bits per heavy atom. The number of nitrogens with zero attached hydrogens (tertiary/aromatic N) is 7. The Balaban J connectivity index is 1.14. The molecule has 0 aliphatic carbocycles. The number of sulfone groups is 1. The molecule has 1 fully saturated rings. The Kier molecular flexibility index (Phi) is 8.23. The minimum absolute atomic E-state index is 0.228. The van der Waals surface area contributed by atoms with E-state index < -0.39 is 9.84 Å². The van der Waals surface area contributed by atoms with Crippen molar-refractivity contribution in [3.63, 3.8) is 0 Å². The third-order valence-electron chi connectivity index (χ3n) is 7.33. The van der Waals surface area contributed by atoms with Crippen LogP contribution in [0.15, 0.2) is 95.1 Å². The lowest BCUT2D eigenvalue weighted by Gasteiger charge is -2.26. The zero-order valence-electron chi connectivity index (χ0n) is 23.7. The van der Waals surface area contributed by atoms with Gasteiger partial charge in [0.15, 0.2) is 15.7 Å². The summed E-state index contributed by atoms with van der Waals surface area (Å²) in [6.07, 6.45) is 8.60. The van der Waals surface area contributed by atoms with Gasteiger partial charge in [-0.05, 0) is 29.8 Å². The molecule has 5 aromatic rings. The zero-order valence-corrected chi connectivity index (χ0v) is 24.5. The van der Waals surface area contributed by atoms with Crippen LogP contribution in [0.1, 0.15) is 5.56 Å². The van der Waals surface area contributed by atoms with Crippen LogP contribution in [0.3, 0.4) is 0 Å². The molecule has 1 aliphatic heterocycles. The van der Waals surface area contributed by atoms with Crippen LogP contribution in [-0.2, 0) is 27.7 Å². The van der Waals surface area contributed by atoms with Crippen molar-refractivity contribution < 1.29 is 13.2 Å². The Labute approximate surface area is 249 Å². The molecule has 0 bridgehead atoms. The predicted octanol–water partition coefficient (Wildman–Crippen LogP) is 3.01. The van der Waals surface area contributed by atoms with Gasteiger partial charge in [0.25, 0.3) is 5.56 Å². The first-order valence-corrected chi connectivity index (χ1v) is 15.8. The average Bonchev–Trinajstić information content (AvgIpc) is 3.51. The molecule has 4 heterocycles. The highest BCUT2D eigenvalue weighted by Gasteiger charge is 2.12. The third-order valence-corrected chi connectivity index (χ3v) is 8.46. The maximum atomic E-state index is 12.6. The highest BCUT2D eigenvalue weighted by atomic mass is 32.2. The van der Waals surface area contributed by atoms with E-state index in [0.717, 1.165) is 67.9 Å². The SMILES string of the molecule is CS(=O)(=O)c1ccc(-c2ccc(=O)n(Cc3cccc(-c4ncc(-c5cnn(CCN6CCOCC6)c5)cn4)c3)n2)cc1. The molecule has 1 aliphatic rings. The third kappa shape index (κ3) is 6.94. The van der Waals surface area contributed by atoms with Gasteiger partial charge in [-0.25, -0.2) is 23.1 Å². The molecule has 0 radical (unpaired) electrons. The van der Waals surface area contributed by atoms with E-state index in [9.17, 15) is 13.2 Å². The fourth-order valence-corrected chi connectivity index (χ4v) is 5.53. The van der Waals surface area contributed by atoms with Crippen molar-refractivity contribution in [2.45, 2.75) is 18.0 Å². The van der Waals surface area contributed by atoms with E-state index in [1.165, 1.54) is 22.9 Å². The largest absolute Gasteiger partial charge is 0.379 e. The van der Waals surface area contributed by atoms with Crippen molar-refractivity contribution in [1.82, 2.24) is 34.4 Å². The number of aromatic nitrogens is 6. The summed E-state index contributed by atoms with van der Waals surface area (Å²) in [5, 5.41) is 9.03. The number of hydrogen-bond acceptors (Lipinski definition) is 9. The van der Waals surface area contributed by atoms with E-state index >= 15 is 0 Å². The molecule has 0 spiro atoms. The lowest BCUT2D eigenvalue weighted by atomic mass is 10.1. The van der Waals surface area contributed by atoms with Crippen LogP contribution in [0.2, 0.25) is 0 Å². The summed E-state index contributed by atoms with van der Waals surface area (Å²) in [5.74, 6) is 0.574. The van der Waals surface area contributed by atoms with E-state index in [-0.39, 0.29) is 17.0 Å². The Morgan fingerprint density at radius 3 is 2.35 bits per heavy atom. The quantitative estimate of drug-likeness (QED) is 0.252. The van der Waals surface area contributed by atoms with Crippen molar-refractivity contribution in [2.75, 3.05) is 39.1 Å². The molecular formula is C31H31N7O4S. The van der Waals surface area contributed by atoms with Crippen molar-refractivity contribution in [3.8, 4) is 33.8 Å². The molecule has 12 heteroatoms. The number of benzene rings is 2. The smallest absolute Gasteiger partial charge is 0.267 e. The van der Waals surface area contributed by atoms with Gasteiger partial charge < -0.3 is 4.74 Å². The van der Waals surface area contributed by atoms with E-state index in [0.29, 0.717) is 17.1 Å². The van der Waals surface area contributed by atoms with Crippen LogP contribution >= 0.6 is 0 Å². The van der Waals surface area contributed by atoms with Crippen LogP contribution in [0.4, 0.5) is 0 Å². The predicted molar refractivity (Wildman–Crippen MR) is 162 cm³/mol. The number of morpholine rings is 1. The van der Waals surface area contributed by atoms with Crippen LogP contribution in [0, 0.1) is 0 Å². The summed E-state index contributed by atoms with van der Waals surface area (Å²) >= 11 is 0. The van der Waals surface area contributed by atoms with Crippen LogP contribution in [0.5, 0.6) is 0 Å². The molecule has 0 atom stereocenters. The van der Waals surface area contributed by atoms with Gasteiger partial charge in [-0.15, -0.1) is 0 Å². The van der Waals surface area contributed by atoms with Crippen molar-refractivity contribution in [2.24, 2.45) is 0 Å². The lowest BCUT2D eigenvalue weighted by Crippen LogP contribution is -2.38. The van der Waals surface area contributed by atoms with E-state index in [4.69, 9.17) is 4.74 Å². The first kappa shape index (κ1) is 28.6. The van der Waals surface area contributed by atoms with Gasteiger partial charge in [-0.3, -0.25) is 14.4 Å². The monoisotopic (exact) mass is 597 g/mol. The molecule has 0 unspecified atom stereocenters. The van der Waals surface area contributed by atoms with Gasteiger partial charge in [-0.1, -0.05) is 30.3 Å². The van der Waals surface area contributed by atoms with Gasteiger partial charge in [0.2, 0.25) is 0 Å². The summed E-state index contributed by atoms with van der Waals surface area (Å²) < 4.78 is 32.3. The van der Waals surface area contributed by atoms with E-state index in [1.54, 1.807) is 30.6 Å². The number of hydrogen-bond donors (Lipinski definition) is 0. The van der Waals surface area contributed by atoms with E-state index in [2.05, 4.69) is 25.1 Å². The standard InChI is InChI=1S/C31H31N7O4S/c1-43(40,41)28-7-5-24(6-8-28)29-9-10-30(39)38(35-29)21-23-3-2-4-25(17-23)31-32-18-26(19-33-31)27-20-34-37(22-27)12-11-36-13-15-42-16-14-36/h2-10,17-20,22H,11-16,21H2,1H3. The molecule has 0 N–H and O–H groups in total. The van der Waals surface area contributed by atoms with Gasteiger partial charge in [0.1, 0.15) is 0 Å². The van der Waals surface area contributed by atoms with Crippen molar-refractivity contribution in [1.29, 1.82) is 0 Å². The first-order valence-electron chi connectivity index (χ1n) is 13.9. The van der Waals surface area contributed by atoms with Crippen LogP contribution in [-0.4, -0.2) is 82.0 Å². The molecule has 220 valence electrons. The second-order valence-electron chi connectivity index (χ2n) is 10.5. The van der Waals surface area contributed by atoms with Gasteiger partial charge in [-0.2, -0.15) is 10.2 Å². The second kappa shape index (κ2) is 12.4. The van der Waals surface area contributed by atoms with Crippen molar-refractivity contribution >= 4 is 9.84 Å². The summed E-state index contributed by atoms with van der Waals surface area (Å²) in [7, 11) is -3.30. The highest BCUT2D eigenvalue weighted by molar-refractivity contribution is 7.90. The van der Waals surface area contributed by atoms with E-state index in [1.807, 2.05) is 41.3 Å². The minimum Gasteiger partial charge on any atom is -0.379 e. The molecule has 0 amide bonds. The van der Waals surface area contributed by atoms with Crippen LogP contribution in [0.25, 0.3) is 33.8 Å². The first-order chi connectivity index (χ1) is 20.8. The zero-order chi connectivity index (χ0) is 29.8. The molecule has 0 saturated carbocycles. The molecule has 11 nitrogen and oxygen atoms in total. The summed E-state index contributed by atoms with van der Waals surface area (Å²) in [4.78, 5) is 24.4. The number of ether oxygens (including phenoxy) is 1. The van der Waals surface area contributed by atoms with Crippen LogP contribution < -0.4 is 5.56 Å². The molecule has 6 rings (SSSR count). The van der Waals surface area contributed by atoms with Crippen molar-refractivity contribution in [3.05, 3.63) is 101 Å². The fourth-order valence-electron chi connectivity index (χ4n) is 4.90. The molecule has 1 saturated heterocycles. The normalized spacial score (nSPS) is 14.2. The van der Waals surface area contributed by atoms with Gasteiger partial charge in [0.05, 0.1) is 43.1 Å². The van der Waals surface area contributed by atoms with Gasteiger partial charge >= 0.3 is 0 Å². The second-order valence-corrected chi connectivity index (χ2v) is 12.5. The summed E-state index contributed by atoms with van der Waals surface area (Å²) in [6.45, 7) is 5.46. The molecular weight excluding hydrogens is 566 g/mol. The maximum Gasteiger partial charge on any atom is 0.267 e. The maximum absolute atomic E-state index is 12.6. The Bertz CT molecular complexity index is 1880. The molecule has 2 aromatic carbocycles. The molecule has 43 heavy (non-hydrogen) atoms. The highest BCUT2D eigenvalue weighted by Crippen LogP contribution is 2.22. The average molecular weight is 598 g/mol. The topological polar surface area (TPSA) is 125 Å². The van der Waals surface area contributed by atoms with Gasteiger partial charge in [0, 0.05) is 72.8 Å².